The van der Waals surface area contributed by atoms with Gasteiger partial charge in [-0.1, -0.05) is 19.3 Å². The van der Waals surface area contributed by atoms with E-state index >= 15 is 0 Å². The molecular formula is C19H26N2O5S. The minimum atomic E-state index is -3.37. The third-order valence-corrected chi connectivity index (χ3v) is 6.76. The Morgan fingerprint density at radius 1 is 1.22 bits per heavy atom. The number of amides is 1. The zero-order valence-corrected chi connectivity index (χ0v) is 16.8. The summed E-state index contributed by atoms with van der Waals surface area (Å²) in [5.74, 6) is -0.746. The van der Waals surface area contributed by atoms with E-state index in [1.54, 1.807) is 18.2 Å². The van der Waals surface area contributed by atoms with Gasteiger partial charge in [-0.2, -0.15) is 0 Å². The van der Waals surface area contributed by atoms with Crippen molar-refractivity contribution in [2.24, 2.45) is 0 Å². The molecule has 1 amide bonds. The van der Waals surface area contributed by atoms with E-state index in [2.05, 4.69) is 5.32 Å². The summed E-state index contributed by atoms with van der Waals surface area (Å²) in [5, 5.41) is 2.90. The van der Waals surface area contributed by atoms with Crippen LogP contribution in [-0.2, 0) is 26.0 Å². The van der Waals surface area contributed by atoms with Gasteiger partial charge in [0.2, 0.25) is 10.0 Å². The van der Waals surface area contributed by atoms with Crippen molar-refractivity contribution in [3.8, 4) is 0 Å². The third-order valence-electron chi connectivity index (χ3n) is 5.49. The summed E-state index contributed by atoms with van der Waals surface area (Å²) in [5.41, 5.74) is 0.873. The number of fused-ring (bicyclic) bond motifs is 1. The number of carbonyl (C=O) groups excluding carboxylic acids is 2. The van der Waals surface area contributed by atoms with E-state index in [0.717, 1.165) is 24.8 Å². The number of anilines is 1. The number of methoxy groups -OCH3 is 1. The highest BCUT2D eigenvalue weighted by Gasteiger charge is 2.42. The average Bonchev–Trinajstić information content (AvgIpc) is 2.96. The number of rotatable bonds is 4. The van der Waals surface area contributed by atoms with Crippen LogP contribution in [0.15, 0.2) is 18.2 Å². The van der Waals surface area contributed by atoms with E-state index in [-0.39, 0.29) is 11.9 Å². The Labute approximate surface area is 160 Å². The van der Waals surface area contributed by atoms with E-state index in [1.807, 2.05) is 6.92 Å². The van der Waals surface area contributed by atoms with Crippen LogP contribution < -0.4 is 9.62 Å². The maximum atomic E-state index is 12.8. The Morgan fingerprint density at radius 3 is 2.48 bits per heavy atom. The molecular weight excluding hydrogens is 368 g/mol. The van der Waals surface area contributed by atoms with Crippen LogP contribution in [0.5, 0.6) is 0 Å². The number of sulfonamides is 1. The third kappa shape index (κ3) is 3.67. The van der Waals surface area contributed by atoms with Crippen LogP contribution >= 0.6 is 0 Å². The zero-order chi connectivity index (χ0) is 19.8. The predicted molar refractivity (Wildman–Crippen MR) is 102 cm³/mol. The summed E-state index contributed by atoms with van der Waals surface area (Å²) >= 11 is 0. The molecule has 1 aliphatic carbocycles. The summed E-state index contributed by atoms with van der Waals surface area (Å²) in [7, 11) is -2.04. The molecule has 0 radical (unpaired) electrons. The van der Waals surface area contributed by atoms with Gasteiger partial charge in [0.1, 0.15) is 5.54 Å². The lowest BCUT2D eigenvalue weighted by Crippen LogP contribution is -2.56. The van der Waals surface area contributed by atoms with Crippen molar-refractivity contribution in [2.45, 2.75) is 57.0 Å². The first kappa shape index (κ1) is 19.7. The second-order valence-electron chi connectivity index (χ2n) is 7.54. The van der Waals surface area contributed by atoms with Crippen LogP contribution in [0.4, 0.5) is 5.69 Å². The zero-order valence-electron chi connectivity index (χ0n) is 15.9. The fraction of sp³-hybridized carbons (Fsp3) is 0.579. The summed E-state index contributed by atoms with van der Waals surface area (Å²) in [6.07, 6.45) is 5.62. The van der Waals surface area contributed by atoms with Crippen LogP contribution in [0, 0.1) is 0 Å². The van der Waals surface area contributed by atoms with Crippen LogP contribution in [0.1, 0.15) is 54.9 Å². The van der Waals surface area contributed by atoms with Gasteiger partial charge in [-0.25, -0.2) is 13.2 Å². The van der Waals surface area contributed by atoms with E-state index in [9.17, 15) is 18.0 Å². The highest BCUT2D eigenvalue weighted by molar-refractivity contribution is 7.92. The SMILES string of the molecule is COC(=O)C1(NC(=O)c2ccc3c(c2)CC(C)N3S(C)(=O)=O)CCCCC1. The number of nitrogens with zero attached hydrogens (tertiary/aromatic N) is 1. The van der Waals surface area contributed by atoms with Crippen molar-refractivity contribution in [1.29, 1.82) is 0 Å². The molecule has 0 bridgehead atoms. The number of esters is 1. The van der Waals surface area contributed by atoms with Crippen LogP contribution in [-0.4, -0.2) is 45.2 Å². The topological polar surface area (TPSA) is 92.8 Å². The first-order chi connectivity index (χ1) is 12.7. The van der Waals surface area contributed by atoms with Gasteiger partial charge in [0.15, 0.2) is 0 Å². The summed E-state index contributed by atoms with van der Waals surface area (Å²) in [6.45, 7) is 1.84. The van der Waals surface area contributed by atoms with E-state index in [0.29, 0.717) is 30.5 Å². The van der Waals surface area contributed by atoms with E-state index in [1.165, 1.54) is 17.7 Å². The molecule has 3 rings (SSSR count). The average molecular weight is 394 g/mol. The largest absolute Gasteiger partial charge is 0.467 e. The second kappa shape index (κ2) is 7.14. The van der Waals surface area contributed by atoms with Gasteiger partial charge in [-0.3, -0.25) is 9.10 Å². The molecule has 1 aliphatic heterocycles. The number of ether oxygens (including phenoxy) is 1. The Kier molecular flexibility index (Phi) is 5.20. The molecule has 148 valence electrons. The smallest absolute Gasteiger partial charge is 0.331 e. The molecule has 1 heterocycles. The van der Waals surface area contributed by atoms with Crippen molar-refractivity contribution in [1.82, 2.24) is 5.32 Å². The van der Waals surface area contributed by atoms with Crippen molar-refractivity contribution in [3.05, 3.63) is 29.3 Å². The Hall–Kier alpha value is -2.09. The van der Waals surface area contributed by atoms with Gasteiger partial charge in [0.25, 0.3) is 5.91 Å². The van der Waals surface area contributed by atoms with Crippen molar-refractivity contribution in [3.63, 3.8) is 0 Å². The lowest BCUT2D eigenvalue weighted by atomic mass is 9.81. The molecule has 0 aromatic heterocycles. The van der Waals surface area contributed by atoms with Crippen molar-refractivity contribution < 1.29 is 22.7 Å². The monoisotopic (exact) mass is 394 g/mol. The number of carbonyl (C=O) groups is 2. The van der Waals surface area contributed by atoms with Crippen LogP contribution in [0.2, 0.25) is 0 Å². The fourth-order valence-electron chi connectivity index (χ4n) is 4.27. The Morgan fingerprint density at radius 2 is 1.89 bits per heavy atom. The second-order valence-corrected chi connectivity index (χ2v) is 9.40. The van der Waals surface area contributed by atoms with Crippen molar-refractivity contribution in [2.75, 3.05) is 17.7 Å². The standard InChI is InChI=1S/C19H26N2O5S/c1-13-11-15-12-14(7-8-16(15)21(13)27(3,24)25)17(22)20-19(18(23)26-2)9-5-4-6-10-19/h7-8,12-13H,4-6,9-11H2,1-3H3,(H,20,22). The van der Waals surface area contributed by atoms with Gasteiger partial charge >= 0.3 is 5.97 Å². The highest BCUT2D eigenvalue weighted by atomic mass is 32.2. The van der Waals surface area contributed by atoms with Crippen LogP contribution in [0.25, 0.3) is 0 Å². The van der Waals surface area contributed by atoms with Crippen LogP contribution in [0.3, 0.4) is 0 Å². The molecule has 7 nitrogen and oxygen atoms in total. The Bertz CT molecular complexity index is 859. The van der Waals surface area contributed by atoms with Gasteiger partial charge in [0, 0.05) is 11.6 Å². The van der Waals surface area contributed by atoms with E-state index < -0.39 is 21.5 Å². The lowest BCUT2D eigenvalue weighted by Gasteiger charge is -2.35. The molecule has 1 fully saturated rings. The van der Waals surface area contributed by atoms with Crippen molar-refractivity contribution >= 4 is 27.6 Å². The molecule has 1 saturated carbocycles. The summed E-state index contributed by atoms with van der Waals surface area (Å²) < 4.78 is 30.4. The quantitative estimate of drug-likeness (QED) is 0.789. The maximum Gasteiger partial charge on any atom is 0.331 e. The van der Waals surface area contributed by atoms with E-state index in [4.69, 9.17) is 4.74 Å². The maximum absolute atomic E-state index is 12.8. The molecule has 2 aliphatic rings. The molecule has 0 saturated heterocycles. The molecule has 8 heteroatoms. The predicted octanol–water partition coefficient (Wildman–Crippen LogP) is 2.00. The number of hydrogen-bond acceptors (Lipinski definition) is 5. The summed E-state index contributed by atoms with van der Waals surface area (Å²) in [6, 6.07) is 4.81. The molecule has 1 aromatic rings. The first-order valence-electron chi connectivity index (χ1n) is 9.21. The number of benzene rings is 1. The molecule has 1 N–H and O–H groups in total. The minimum absolute atomic E-state index is 0.187. The lowest BCUT2D eigenvalue weighted by molar-refractivity contribution is -0.149. The Balaban J connectivity index is 1.86. The molecule has 1 atom stereocenters. The fourth-order valence-corrected chi connectivity index (χ4v) is 5.53. The highest BCUT2D eigenvalue weighted by Crippen LogP contribution is 2.35. The molecule has 27 heavy (non-hydrogen) atoms. The molecule has 1 aromatic carbocycles. The first-order valence-corrected chi connectivity index (χ1v) is 11.1. The van der Waals surface area contributed by atoms with Gasteiger partial charge in [-0.15, -0.1) is 0 Å². The number of nitrogens with one attached hydrogen (secondary N) is 1. The normalized spacial score (nSPS) is 21.4. The summed E-state index contributed by atoms with van der Waals surface area (Å²) in [4.78, 5) is 25.2. The molecule has 1 unspecified atom stereocenters. The molecule has 0 spiro atoms. The minimum Gasteiger partial charge on any atom is -0.467 e. The van der Waals surface area contributed by atoms with Gasteiger partial charge < -0.3 is 10.1 Å². The van der Waals surface area contributed by atoms with Gasteiger partial charge in [0.05, 0.1) is 19.1 Å². The number of hydrogen-bond donors (Lipinski definition) is 1. The van der Waals surface area contributed by atoms with Gasteiger partial charge in [-0.05, 0) is 49.9 Å².